The van der Waals surface area contributed by atoms with Crippen LogP contribution in [0.2, 0.25) is 30.1 Å². The van der Waals surface area contributed by atoms with Gasteiger partial charge in [0.15, 0.2) is 0 Å². The van der Waals surface area contributed by atoms with Gasteiger partial charge < -0.3 is 14.7 Å². The van der Waals surface area contributed by atoms with E-state index in [1.807, 2.05) is 146 Å². The van der Waals surface area contributed by atoms with Crippen LogP contribution in [0.15, 0.2) is 219 Å². The number of rotatable bonds is 15. The molecule has 6 fully saturated rings. The quantitative estimate of drug-likeness (QED) is 0.101. The maximum atomic E-state index is 13.5. The average Bonchev–Trinajstić information content (AvgIpc) is 1.70. The molecule has 3 aliphatic carbocycles. The molecule has 93 heavy (non-hydrogen) atoms. The first-order valence-electron chi connectivity index (χ1n) is 32.5. The fraction of sp³-hybridized carbons (Fsp3) is 0.308. The van der Waals surface area contributed by atoms with Gasteiger partial charge in [-0.15, -0.1) is 0 Å². The first-order chi connectivity index (χ1) is 45.3. The molecule has 3 aliphatic heterocycles. The van der Waals surface area contributed by atoms with Gasteiger partial charge in [-0.2, -0.15) is 0 Å². The van der Waals surface area contributed by atoms with Crippen LogP contribution in [0.5, 0.6) is 0 Å². The van der Waals surface area contributed by atoms with Gasteiger partial charge >= 0.3 is 0 Å². The van der Waals surface area contributed by atoms with Crippen molar-refractivity contribution in [3.63, 3.8) is 0 Å². The molecule has 3 saturated carbocycles. The zero-order valence-corrected chi connectivity index (χ0v) is 55.9. The third-order valence-corrected chi connectivity index (χ3v) is 20.9. The molecule has 3 saturated heterocycles. The van der Waals surface area contributed by atoms with E-state index < -0.39 is 0 Å². The van der Waals surface area contributed by atoms with Crippen LogP contribution in [0.25, 0.3) is 0 Å². The van der Waals surface area contributed by atoms with Crippen LogP contribution >= 0.6 is 69.6 Å². The summed E-state index contributed by atoms with van der Waals surface area (Å²) in [6.07, 6.45) is 16.2. The predicted molar refractivity (Wildman–Crippen MR) is 373 cm³/mol. The number of piperidine rings is 3. The van der Waals surface area contributed by atoms with Crippen molar-refractivity contribution < 1.29 is 14.4 Å². The summed E-state index contributed by atoms with van der Waals surface area (Å²) in [6.45, 7) is 0. The van der Waals surface area contributed by atoms with E-state index in [0.29, 0.717) is 52.1 Å². The second-order valence-corrected chi connectivity index (χ2v) is 28.2. The van der Waals surface area contributed by atoms with Gasteiger partial charge in [-0.1, -0.05) is 161 Å². The van der Waals surface area contributed by atoms with Crippen LogP contribution in [0.4, 0.5) is 0 Å². The molecular weight excluding hydrogens is 1280 g/mol. The number of carbonyl (C=O) groups is 3. The van der Waals surface area contributed by atoms with Crippen molar-refractivity contribution in [3.05, 3.63) is 299 Å². The molecular formula is C78H72Cl6N6O3. The molecule has 6 aliphatic rings. The van der Waals surface area contributed by atoms with Gasteiger partial charge in [-0.25, -0.2) is 0 Å². The molecule has 474 valence electrons. The fourth-order valence-electron chi connectivity index (χ4n) is 14.9. The van der Waals surface area contributed by atoms with E-state index in [0.717, 1.165) is 107 Å². The van der Waals surface area contributed by atoms with E-state index in [1.54, 1.807) is 0 Å². The lowest BCUT2D eigenvalue weighted by molar-refractivity contribution is -0.142. The zero-order chi connectivity index (χ0) is 64.1. The second kappa shape index (κ2) is 29.3. The molecule has 0 spiro atoms. The highest BCUT2D eigenvalue weighted by Gasteiger charge is 2.50. The number of likely N-dealkylation sites (tertiary alicyclic amines) is 3. The molecule has 9 atom stereocenters. The Kier molecular flexibility index (Phi) is 20.3. The third kappa shape index (κ3) is 15.1. The molecule has 9 nitrogen and oxygen atoms in total. The van der Waals surface area contributed by atoms with Gasteiger partial charge in [-0.3, -0.25) is 29.3 Å². The average molecular weight is 1350 g/mol. The molecule has 15 rings (SSSR count). The fourth-order valence-corrected chi connectivity index (χ4v) is 15.8. The standard InChI is InChI=1S/3C26H24Cl2N2O/c3*27-20-11-9-17(10-12-20)25-22(19-4-3-5-21(28)16-19)13-14-24(31)30(25)26(18-7-8-18)23-6-1-2-15-29-23/h3*1-6,9-12,15-16,18,22,25-26H,7-8,13-14H2/t2*22-,25-,26+;22-,25-,26-/m111/s1. The highest BCUT2D eigenvalue weighted by Crippen LogP contribution is 2.56. The lowest BCUT2D eigenvalue weighted by Gasteiger charge is -2.46. The number of nitrogens with zero attached hydrogens (tertiary/aromatic N) is 6. The number of pyridine rings is 3. The van der Waals surface area contributed by atoms with Gasteiger partial charge in [0, 0.05) is 85.7 Å². The van der Waals surface area contributed by atoms with Crippen LogP contribution in [0.1, 0.15) is 182 Å². The number of aromatic nitrogens is 3. The first-order valence-corrected chi connectivity index (χ1v) is 34.8. The van der Waals surface area contributed by atoms with E-state index in [-0.39, 0.29) is 71.7 Å². The maximum absolute atomic E-state index is 13.5. The van der Waals surface area contributed by atoms with Crippen LogP contribution < -0.4 is 0 Å². The Morgan fingerprint density at radius 2 is 0.559 bits per heavy atom. The van der Waals surface area contributed by atoms with Crippen molar-refractivity contribution in [1.29, 1.82) is 0 Å². The summed E-state index contributed by atoms with van der Waals surface area (Å²) >= 11 is 37.7. The van der Waals surface area contributed by atoms with Crippen molar-refractivity contribution in [2.75, 3.05) is 0 Å². The van der Waals surface area contributed by atoms with Crippen molar-refractivity contribution in [1.82, 2.24) is 29.7 Å². The summed E-state index contributed by atoms with van der Waals surface area (Å²) in [5.41, 5.74) is 9.73. The topological polar surface area (TPSA) is 99.6 Å². The summed E-state index contributed by atoms with van der Waals surface area (Å²) in [4.78, 5) is 60.8. The summed E-state index contributed by atoms with van der Waals surface area (Å²) in [7, 11) is 0. The maximum Gasteiger partial charge on any atom is 0.223 e. The van der Waals surface area contributed by atoms with Crippen molar-refractivity contribution >= 4 is 87.3 Å². The molecule has 0 radical (unpaired) electrons. The Bertz CT molecular complexity index is 3610. The van der Waals surface area contributed by atoms with Crippen molar-refractivity contribution in [2.45, 2.75) is 131 Å². The third-order valence-electron chi connectivity index (χ3n) is 19.5. The monoisotopic (exact) mass is 1350 g/mol. The van der Waals surface area contributed by atoms with Crippen LogP contribution in [-0.4, -0.2) is 47.4 Å². The number of hydrogen-bond acceptors (Lipinski definition) is 6. The van der Waals surface area contributed by atoms with Gasteiger partial charge in [0.1, 0.15) is 0 Å². The van der Waals surface area contributed by atoms with Crippen LogP contribution in [-0.2, 0) is 14.4 Å². The Hall–Kier alpha value is -7.08. The Morgan fingerprint density at radius 3 is 0.785 bits per heavy atom. The van der Waals surface area contributed by atoms with Crippen molar-refractivity contribution in [2.24, 2.45) is 17.8 Å². The molecule has 6 heterocycles. The Balaban J connectivity index is 0.000000127. The molecule has 9 aromatic rings. The summed E-state index contributed by atoms with van der Waals surface area (Å²) in [5.74, 6) is 2.40. The van der Waals surface area contributed by atoms with Gasteiger partial charge in [-0.05, 0) is 218 Å². The Morgan fingerprint density at radius 1 is 0.290 bits per heavy atom. The zero-order valence-electron chi connectivity index (χ0n) is 51.4. The van der Waals surface area contributed by atoms with E-state index in [1.165, 1.54) is 16.7 Å². The highest BCUT2D eigenvalue weighted by atomic mass is 35.5. The number of halogens is 6. The second-order valence-electron chi connectivity index (χ2n) is 25.6. The molecule has 0 N–H and O–H groups in total. The summed E-state index contributed by atoms with van der Waals surface area (Å²) in [5, 5.41) is 4.25. The number of benzene rings is 6. The number of carbonyl (C=O) groups excluding carboxylic acids is 3. The normalized spacial score (nSPS) is 22.4. The lowest BCUT2D eigenvalue weighted by Crippen LogP contribution is -2.45. The molecule has 0 unspecified atom stereocenters. The van der Waals surface area contributed by atoms with Gasteiger partial charge in [0.05, 0.1) is 53.3 Å². The van der Waals surface area contributed by atoms with Crippen LogP contribution in [0.3, 0.4) is 0 Å². The lowest BCUT2D eigenvalue weighted by atomic mass is 9.78. The van der Waals surface area contributed by atoms with E-state index in [4.69, 9.17) is 69.6 Å². The predicted octanol–water partition coefficient (Wildman–Crippen LogP) is 21.0. The molecule has 6 aromatic carbocycles. The Labute approximate surface area is 575 Å². The summed E-state index contributed by atoms with van der Waals surface area (Å²) in [6, 6.07) is 65.6. The highest BCUT2D eigenvalue weighted by molar-refractivity contribution is 6.32. The largest absolute Gasteiger partial charge is 0.326 e. The van der Waals surface area contributed by atoms with E-state index in [2.05, 4.69) is 102 Å². The minimum atomic E-state index is -0.0930. The van der Waals surface area contributed by atoms with Gasteiger partial charge in [0.25, 0.3) is 0 Å². The molecule has 3 aromatic heterocycles. The van der Waals surface area contributed by atoms with Crippen molar-refractivity contribution in [3.8, 4) is 0 Å². The smallest absolute Gasteiger partial charge is 0.223 e. The van der Waals surface area contributed by atoms with Crippen LogP contribution in [0, 0.1) is 17.8 Å². The number of hydrogen-bond donors (Lipinski definition) is 0. The van der Waals surface area contributed by atoms with E-state index >= 15 is 0 Å². The SMILES string of the molecule is O=C1CC[C@H](c2cccc(Cl)c2)[C@@H](c2ccc(Cl)cc2)N1[C@@H](c1ccccn1)C1CC1.O=C1CC[C@H](c2cccc(Cl)c2)[C@@H](c2ccc(Cl)cc2)N1[C@H](c1ccccn1)C1CC1.O=C1CC[C@H](c2cccc(Cl)c2)[C@@H](c2ccc(Cl)cc2)N1[C@H](c1ccccn1)C1CC1. The van der Waals surface area contributed by atoms with E-state index in [9.17, 15) is 14.4 Å². The van der Waals surface area contributed by atoms with Gasteiger partial charge in [0.2, 0.25) is 17.7 Å². The number of amides is 3. The molecule has 15 heteroatoms. The minimum Gasteiger partial charge on any atom is -0.326 e. The summed E-state index contributed by atoms with van der Waals surface area (Å²) < 4.78 is 0. The minimum absolute atomic E-state index is 0.0173. The molecule has 0 bridgehead atoms. The molecule has 3 amide bonds. The first kappa shape index (κ1) is 64.6.